The Bertz CT molecular complexity index is 1280. The zero-order valence-corrected chi connectivity index (χ0v) is 21.4. The maximum atomic E-state index is 11.4. The number of aromatic nitrogens is 1. The highest BCUT2D eigenvalue weighted by Crippen LogP contribution is 2.23. The number of pyridine rings is 1. The number of aryl methyl sites for hydroxylation is 1. The summed E-state index contributed by atoms with van der Waals surface area (Å²) in [5, 5.41) is 1.36. The number of fused-ring (bicyclic) bond motifs is 1. The molecule has 10 heteroatoms. The zero-order chi connectivity index (χ0) is 26.8. The quantitative estimate of drug-likeness (QED) is 0.242. The first kappa shape index (κ1) is 28.4. The monoisotopic (exact) mass is 510 g/mol. The summed E-state index contributed by atoms with van der Waals surface area (Å²) in [7, 11) is 3.09. The Morgan fingerprint density at radius 2 is 2.06 bits per heavy atom. The first-order chi connectivity index (χ1) is 17.1. The molecular weight excluding hydrogens is 480 g/mol. The Morgan fingerprint density at radius 1 is 1.33 bits per heavy atom. The summed E-state index contributed by atoms with van der Waals surface area (Å²) in [5.41, 5.74) is 18.8. The van der Waals surface area contributed by atoms with Crippen LogP contribution in [0.25, 0.3) is 10.9 Å². The molecule has 1 fully saturated rings. The Hall–Kier alpha value is -3.87. The van der Waals surface area contributed by atoms with Crippen molar-refractivity contribution in [3.8, 4) is 11.8 Å². The van der Waals surface area contributed by atoms with Gasteiger partial charge in [0.2, 0.25) is 5.91 Å². The number of methoxy groups -OCH3 is 1. The summed E-state index contributed by atoms with van der Waals surface area (Å²) >= 11 is 6.24. The number of benzene rings is 1. The summed E-state index contributed by atoms with van der Waals surface area (Å²) in [6.45, 7) is 6.90. The Balaban J connectivity index is 0.000000319. The lowest BCUT2D eigenvalue weighted by atomic mass is 10.1. The normalized spacial score (nSPS) is 15.8. The molecule has 190 valence electrons. The molecule has 0 radical (unpaired) electrons. The standard InChI is InChI=1S/C17H16ClN5O.C9H15NO2/c1-9-5-11-6-12(18)10(7-14(11)23-8-9)3-4-13(19)15(17(21)24)16(20)22-2;1-3-9(11)10-6-4-5-8(10)7-12-2/h5-8H,19H2,1-2H3,(H2,20,22)(H2,21,24);3,8H,1,4-7H2,2H3/b15-13+;. The van der Waals surface area contributed by atoms with Gasteiger partial charge in [-0.05, 0) is 55.5 Å². The molecule has 1 saturated heterocycles. The smallest absolute Gasteiger partial charge is 0.255 e. The number of ether oxygens (including phenoxy) is 1. The lowest BCUT2D eigenvalue weighted by Crippen LogP contribution is -2.36. The number of hydrogen-bond acceptors (Lipinski definition) is 6. The highest BCUT2D eigenvalue weighted by Gasteiger charge is 2.26. The van der Waals surface area contributed by atoms with E-state index in [4.69, 9.17) is 33.5 Å². The SMILES string of the molecule is C=CC(=O)N1CCCC1COC.CN=C(N)/C(C(N)=O)=C(\N)C#Cc1cc2ncc(C)cc2cc1Cl. The Labute approximate surface area is 216 Å². The molecule has 6 N–H and O–H groups in total. The van der Waals surface area contributed by atoms with E-state index in [1.54, 1.807) is 25.4 Å². The van der Waals surface area contributed by atoms with Gasteiger partial charge in [0.15, 0.2) is 0 Å². The van der Waals surface area contributed by atoms with Crippen LogP contribution < -0.4 is 17.2 Å². The fourth-order valence-corrected chi connectivity index (χ4v) is 3.89. The van der Waals surface area contributed by atoms with Crippen molar-refractivity contribution in [2.75, 3.05) is 27.3 Å². The fraction of sp³-hybridized carbons (Fsp3) is 0.308. The topological polar surface area (TPSA) is 150 Å². The van der Waals surface area contributed by atoms with Crippen LogP contribution in [-0.4, -0.2) is 60.9 Å². The number of hydrogen-bond donors (Lipinski definition) is 3. The van der Waals surface area contributed by atoms with E-state index in [0.29, 0.717) is 17.2 Å². The van der Waals surface area contributed by atoms with Gasteiger partial charge in [-0.15, -0.1) is 0 Å². The van der Waals surface area contributed by atoms with E-state index in [0.717, 1.165) is 35.9 Å². The van der Waals surface area contributed by atoms with Crippen molar-refractivity contribution in [1.82, 2.24) is 9.88 Å². The van der Waals surface area contributed by atoms with Crippen molar-refractivity contribution >= 4 is 40.2 Å². The maximum Gasteiger partial charge on any atom is 0.255 e. The number of amides is 2. The van der Waals surface area contributed by atoms with Gasteiger partial charge < -0.3 is 26.8 Å². The molecule has 1 aromatic carbocycles. The van der Waals surface area contributed by atoms with E-state index in [-0.39, 0.29) is 29.1 Å². The minimum atomic E-state index is -0.799. The molecule has 2 amide bonds. The first-order valence-corrected chi connectivity index (χ1v) is 11.5. The predicted octanol–water partition coefficient (Wildman–Crippen LogP) is 2.04. The number of aliphatic imine (C=N–C) groups is 1. The molecule has 0 bridgehead atoms. The zero-order valence-electron chi connectivity index (χ0n) is 20.7. The van der Waals surface area contributed by atoms with E-state index in [9.17, 15) is 9.59 Å². The van der Waals surface area contributed by atoms with Crippen LogP contribution in [-0.2, 0) is 14.3 Å². The van der Waals surface area contributed by atoms with Gasteiger partial charge in [0.25, 0.3) is 5.91 Å². The molecule has 1 aliphatic rings. The molecule has 3 rings (SSSR count). The summed E-state index contributed by atoms with van der Waals surface area (Å²) in [6.07, 6.45) is 5.25. The lowest BCUT2D eigenvalue weighted by molar-refractivity contribution is -0.127. The van der Waals surface area contributed by atoms with Crippen LogP contribution in [0.4, 0.5) is 0 Å². The van der Waals surface area contributed by atoms with Gasteiger partial charge in [-0.2, -0.15) is 0 Å². The van der Waals surface area contributed by atoms with Crippen LogP contribution in [0.2, 0.25) is 5.02 Å². The van der Waals surface area contributed by atoms with E-state index in [2.05, 4.69) is 28.4 Å². The number of carbonyl (C=O) groups is 2. The van der Waals surface area contributed by atoms with E-state index in [1.165, 1.54) is 13.1 Å². The van der Waals surface area contributed by atoms with Crippen molar-refractivity contribution in [2.24, 2.45) is 22.2 Å². The molecule has 1 aliphatic heterocycles. The number of carbonyl (C=O) groups excluding carboxylic acids is 2. The summed E-state index contributed by atoms with van der Waals surface area (Å²) in [4.78, 5) is 32.6. The molecule has 1 aromatic heterocycles. The molecule has 0 saturated carbocycles. The first-order valence-electron chi connectivity index (χ1n) is 11.1. The van der Waals surface area contributed by atoms with Gasteiger partial charge in [0.1, 0.15) is 11.4 Å². The molecular formula is C26H31ClN6O3. The van der Waals surface area contributed by atoms with Crippen LogP contribution in [0.15, 0.2) is 53.3 Å². The highest BCUT2D eigenvalue weighted by atomic mass is 35.5. The van der Waals surface area contributed by atoms with Gasteiger partial charge >= 0.3 is 0 Å². The Kier molecular flexibility index (Phi) is 10.5. The number of nitrogens with zero attached hydrogens (tertiary/aromatic N) is 3. The summed E-state index contributed by atoms with van der Waals surface area (Å²) in [6, 6.07) is 5.76. The van der Waals surface area contributed by atoms with Crippen molar-refractivity contribution in [1.29, 1.82) is 0 Å². The molecule has 1 atom stereocenters. The maximum absolute atomic E-state index is 11.4. The van der Waals surface area contributed by atoms with Gasteiger partial charge in [0, 0.05) is 37.8 Å². The average molecular weight is 511 g/mol. The third-order valence-corrected chi connectivity index (χ3v) is 5.76. The van der Waals surface area contributed by atoms with E-state index >= 15 is 0 Å². The summed E-state index contributed by atoms with van der Waals surface area (Å²) in [5.74, 6) is 4.61. The van der Waals surface area contributed by atoms with Crippen LogP contribution in [0.3, 0.4) is 0 Å². The molecule has 0 spiro atoms. The Morgan fingerprint density at radius 3 is 2.67 bits per heavy atom. The minimum absolute atomic E-state index is 0.0227. The van der Waals surface area contributed by atoms with Crippen LogP contribution in [0.5, 0.6) is 0 Å². The molecule has 9 nitrogen and oxygen atoms in total. The summed E-state index contributed by atoms with van der Waals surface area (Å²) < 4.78 is 5.02. The lowest BCUT2D eigenvalue weighted by Gasteiger charge is -2.22. The van der Waals surface area contributed by atoms with Gasteiger partial charge in [0.05, 0.1) is 28.9 Å². The third kappa shape index (κ3) is 7.31. The van der Waals surface area contributed by atoms with E-state index < -0.39 is 5.91 Å². The average Bonchev–Trinajstić information content (AvgIpc) is 3.31. The van der Waals surface area contributed by atoms with Gasteiger partial charge in [-0.25, -0.2) is 0 Å². The molecule has 2 aromatic rings. The minimum Gasteiger partial charge on any atom is -0.391 e. The van der Waals surface area contributed by atoms with E-state index in [1.807, 2.05) is 17.9 Å². The highest BCUT2D eigenvalue weighted by molar-refractivity contribution is 6.32. The van der Waals surface area contributed by atoms with Crippen LogP contribution in [0.1, 0.15) is 24.0 Å². The van der Waals surface area contributed by atoms with Crippen molar-refractivity contribution in [3.63, 3.8) is 0 Å². The number of nitrogens with two attached hydrogens (primary N) is 3. The largest absolute Gasteiger partial charge is 0.391 e. The second kappa shape index (κ2) is 13.3. The van der Waals surface area contributed by atoms with Crippen LogP contribution in [0, 0.1) is 18.8 Å². The second-order valence-electron chi connectivity index (χ2n) is 8.04. The number of halogens is 1. The van der Waals surface area contributed by atoms with Crippen LogP contribution >= 0.6 is 11.6 Å². The fourth-order valence-electron chi connectivity index (χ4n) is 3.67. The molecule has 0 aliphatic carbocycles. The molecule has 2 heterocycles. The second-order valence-corrected chi connectivity index (χ2v) is 8.44. The van der Waals surface area contributed by atoms with Crippen molar-refractivity contribution < 1.29 is 14.3 Å². The molecule has 36 heavy (non-hydrogen) atoms. The number of primary amides is 1. The predicted molar refractivity (Wildman–Crippen MR) is 143 cm³/mol. The number of allylic oxidation sites excluding steroid dienone is 1. The van der Waals surface area contributed by atoms with Crippen molar-refractivity contribution in [2.45, 2.75) is 25.8 Å². The third-order valence-electron chi connectivity index (χ3n) is 5.45. The number of likely N-dealkylation sites (tertiary alicyclic amines) is 1. The van der Waals surface area contributed by atoms with Gasteiger partial charge in [-0.1, -0.05) is 24.1 Å². The number of rotatable bonds is 5. The van der Waals surface area contributed by atoms with Crippen molar-refractivity contribution in [3.05, 3.63) is 64.5 Å². The van der Waals surface area contributed by atoms with Gasteiger partial charge in [-0.3, -0.25) is 19.6 Å². The molecule has 1 unspecified atom stereocenters. The number of amidine groups is 1.